The van der Waals surface area contributed by atoms with Crippen LogP contribution in [0.4, 0.5) is 4.79 Å². The van der Waals surface area contributed by atoms with Gasteiger partial charge in [-0.2, -0.15) is 0 Å². The molecule has 0 saturated heterocycles. The average molecular weight is 542 g/mol. The minimum atomic E-state index is -0.761. The maximum atomic E-state index is 14.4. The van der Waals surface area contributed by atoms with Gasteiger partial charge in [-0.1, -0.05) is 47.1 Å². The summed E-state index contributed by atoms with van der Waals surface area (Å²) < 4.78 is 5.30. The fourth-order valence-corrected chi connectivity index (χ4v) is 10.6. The number of hydrogen-bond acceptors (Lipinski definition) is 5. The van der Waals surface area contributed by atoms with Gasteiger partial charge in [0.05, 0.1) is 11.5 Å². The van der Waals surface area contributed by atoms with Crippen LogP contribution in [0, 0.1) is 50.2 Å². The first kappa shape index (κ1) is 28.8. The van der Waals surface area contributed by atoms with E-state index in [0.717, 1.165) is 44.9 Å². The number of carbonyl (C=O) groups excluding carboxylic acids is 3. The SMILES string of the molecule is CN(C)C(=O)OC(=O)[C@@]1(C)CC[C@]2(C)CC[C@]3(C)C(=CC(=O)[C@@H]4[C@@]5(C)CC[C@H](O)C(C)(C)[C@@H]5CC[C@]43C)[C@@H]2C1. The van der Waals surface area contributed by atoms with Crippen LogP contribution < -0.4 is 0 Å². The predicted octanol–water partition coefficient (Wildman–Crippen LogP) is 6.55. The second kappa shape index (κ2) is 8.66. The van der Waals surface area contributed by atoms with Crippen molar-refractivity contribution >= 4 is 17.8 Å². The number of hydrogen-bond donors (Lipinski definition) is 1. The van der Waals surface area contributed by atoms with E-state index in [0.29, 0.717) is 18.8 Å². The van der Waals surface area contributed by atoms with E-state index in [1.54, 1.807) is 14.1 Å². The molecule has 0 unspecified atom stereocenters. The van der Waals surface area contributed by atoms with Crippen molar-refractivity contribution in [3.8, 4) is 0 Å². The van der Waals surface area contributed by atoms with Crippen molar-refractivity contribution in [2.75, 3.05) is 14.1 Å². The quantitative estimate of drug-likeness (QED) is 0.300. The van der Waals surface area contributed by atoms with Gasteiger partial charge in [0, 0.05) is 20.0 Å². The number of ether oxygens (including phenoxy) is 1. The van der Waals surface area contributed by atoms with Gasteiger partial charge in [-0.25, -0.2) is 4.79 Å². The normalized spacial score (nSPS) is 48.5. The molecule has 0 spiro atoms. The highest BCUT2D eigenvalue weighted by atomic mass is 16.6. The fourth-order valence-electron chi connectivity index (χ4n) is 10.6. The summed E-state index contributed by atoms with van der Waals surface area (Å²) in [6, 6.07) is 0. The van der Waals surface area contributed by atoms with Crippen molar-refractivity contribution in [2.24, 2.45) is 50.2 Å². The van der Waals surface area contributed by atoms with Gasteiger partial charge in [0.1, 0.15) is 0 Å². The van der Waals surface area contributed by atoms with Crippen LogP contribution in [-0.4, -0.2) is 48.1 Å². The molecule has 6 heteroatoms. The Bertz CT molecular complexity index is 1130. The molecule has 39 heavy (non-hydrogen) atoms. The van der Waals surface area contributed by atoms with Crippen LogP contribution in [0.25, 0.3) is 0 Å². The summed E-state index contributed by atoms with van der Waals surface area (Å²) in [7, 11) is 3.17. The van der Waals surface area contributed by atoms with Crippen molar-refractivity contribution in [1.82, 2.24) is 4.90 Å². The van der Waals surface area contributed by atoms with Crippen LogP contribution in [0.5, 0.6) is 0 Å². The zero-order valence-corrected chi connectivity index (χ0v) is 25.8. The molecule has 4 fully saturated rings. The van der Waals surface area contributed by atoms with Gasteiger partial charge in [-0.15, -0.1) is 0 Å². The lowest BCUT2D eigenvalue weighted by molar-refractivity contribution is -0.202. The third-order valence-corrected chi connectivity index (χ3v) is 13.6. The smallest absolute Gasteiger partial charge is 0.393 e. The van der Waals surface area contributed by atoms with E-state index in [-0.39, 0.29) is 50.8 Å². The number of nitrogens with zero attached hydrogens (tertiary/aromatic N) is 1. The minimum absolute atomic E-state index is 0.0260. The molecule has 6 nitrogen and oxygen atoms in total. The zero-order valence-electron chi connectivity index (χ0n) is 25.8. The predicted molar refractivity (Wildman–Crippen MR) is 151 cm³/mol. The number of rotatable bonds is 1. The van der Waals surface area contributed by atoms with Gasteiger partial charge >= 0.3 is 12.1 Å². The van der Waals surface area contributed by atoms with Gasteiger partial charge in [-0.3, -0.25) is 9.59 Å². The van der Waals surface area contributed by atoms with Crippen molar-refractivity contribution in [3.05, 3.63) is 11.6 Å². The number of ketones is 1. The van der Waals surface area contributed by atoms with Crippen LogP contribution >= 0.6 is 0 Å². The summed E-state index contributed by atoms with van der Waals surface area (Å²) in [4.78, 5) is 41.2. The molecule has 0 aliphatic heterocycles. The van der Waals surface area contributed by atoms with E-state index in [9.17, 15) is 19.5 Å². The number of allylic oxidation sites excluding steroid dienone is 2. The van der Waals surface area contributed by atoms with E-state index in [1.165, 1.54) is 10.5 Å². The summed E-state index contributed by atoms with van der Waals surface area (Å²) in [5.41, 5.74) is -0.146. The molecule has 0 aromatic carbocycles. The Labute approximate surface area is 235 Å². The zero-order chi connectivity index (χ0) is 29.0. The van der Waals surface area contributed by atoms with E-state index < -0.39 is 17.5 Å². The Morgan fingerprint density at radius 1 is 0.923 bits per heavy atom. The summed E-state index contributed by atoms with van der Waals surface area (Å²) in [6.45, 7) is 15.8. The topological polar surface area (TPSA) is 83.9 Å². The molecule has 0 heterocycles. The molecule has 0 bridgehead atoms. The van der Waals surface area contributed by atoms with Crippen LogP contribution in [0.2, 0.25) is 0 Å². The second-order valence-corrected chi connectivity index (χ2v) is 16.2. The molecular formula is C33H51NO5. The second-order valence-electron chi connectivity index (χ2n) is 16.2. The number of carbonyl (C=O) groups is 3. The van der Waals surface area contributed by atoms with Gasteiger partial charge in [0.25, 0.3) is 0 Å². The average Bonchev–Trinajstić information content (AvgIpc) is 2.84. The van der Waals surface area contributed by atoms with E-state index >= 15 is 0 Å². The number of aliphatic hydroxyl groups excluding tert-OH is 1. The molecule has 0 radical (unpaired) electrons. The first-order valence-electron chi connectivity index (χ1n) is 15.2. The molecule has 0 aromatic rings. The lowest BCUT2D eigenvalue weighted by atomic mass is 9.33. The molecular weight excluding hydrogens is 490 g/mol. The number of amides is 1. The lowest BCUT2D eigenvalue weighted by Gasteiger charge is -2.70. The van der Waals surface area contributed by atoms with E-state index in [2.05, 4.69) is 41.5 Å². The van der Waals surface area contributed by atoms with Gasteiger partial charge in [0.15, 0.2) is 5.78 Å². The number of fused-ring (bicyclic) bond motifs is 7. The van der Waals surface area contributed by atoms with Gasteiger partial charge < -0.3 is 14.7 Å². The summed E-state index contributed by atoms with van der Waals surface area (Å²) in [6.07, 6.45) is 9.02. The molecule has 218 valence electrons. The Balaban J connectivity index is 1.54. The third kappa shape index (κ3) is 3.78. The Morgan fingerprint density at radius 2 is 1.56 bits per heavy atom. The monoisotopic (exact) mass is 541 g/mol. The van der Waals surface area contributed by atoms with E-state index in [1.807, 2.05) is 13.0 Å². The largest absolute Gasteiger partial charge is 0.417 e. The van der Waals surface area contributed by atoms with Crippen LogP contribution in [0.15, 0.2) is 11.6 Å². The highest BCUT2D eigenvalue weighted by Gasteiger charge is 2.70. The van der Waals surface area contributed by atoms with Gasteiger partial charge in [0.2, 0.25) is 0 Å². The van der Waals surface area contributed by atoms with Crippen molar-refractivity contribution < 1.29 is 24.2 Å². The summed E-state index contributed by atoms with van der Waals surface area (Å²) >= 11 is 0. The number of esters is 1. The van der Waals surface area contributed by atoms with Crippen LogP contribution in [0.3, 0.4) is 0 Å². The molecule has 0 aromatic heterocycles. The maximum Gasteiger partial charge on any atom is 0.417 e. The van der Waals surface area contributed by atoms with Crippen molar-refractivity contribution in [2.45, 2.75) is 112 Å². The lowest BCUT2D eigenvalue weighted by Crippen LogP contribution is -2.66. The van der Waals surface area contributed by atoms with Crippen molar-refractivity contribution in [1.29, 1.82) is 0 Å². The first-order chi connectivity index (χ1) is 17.9. The maximum absolute atomic E-state index is 14.4. The Morgan fingerprint density at radius 3 is 2.21 bits per heavy atom. The molecule has 5 rings (SSSR count). The highest BCUT2D eigenvalue weighted by Crippen LogP contribution is 2.75. The molecule has 1 N–H and O–H groups in total. The van der Waals surface area contributed by atoms with Crippen LogP contribution in [0.1, 0.15) is 106 Å². The first-order valence-corrected chi connectivity index (χ1v) is 15.2. The molecule has 1 amide bonds. The van der Waals surface area contributed by atoms with Gasteiger partial charge in [-0.05, 0) is 110 Å². The van der Waals surface area contributed by atoms with Crippen molar-refractivity contribution in [3.63, 3.8) is 0 Å². The molecule has 4 saturated carbocycles. The minimum Gasteiger partial charge on any atom is -0.393 e. The Hall–Kier alpha value is -1.69. The molecule has 5 aliphatic rings. The third-order valence-electron chi connectivity index (χ3n) is 13.6. The summed E-state index contributed by atoms with van der Waals surface area (Å²) in [5.74, 6) is 0.162. The fraction of sp³-hybridized carbons (Fsp3) is 0.848. The number of aliphatic hydroxyl groups is 1. The van der Waals surface area contributed by atoms with Crippen LogP contribution in [-0.2, 0) is 14.3 Å². The molecule has 9 atom stereocenters. The standard InChI is InChI=1S/C33H51NO5/c1-28(2)23-10-13-33(7)25(31(23,5)12-11-24(28)36)22(35)18-20-21-19-30(4,26(37)39-27(38)34(8)9)15-14-29(21,3)16-17-32(20,33)6/h18,21,23-25,36H,10-17,19H2,1-9H3/t21-,23-,24-,25+,29+,30-,31-,32+,33+/m0/s1. The summed E-state index contributed by atoms with van der Waals surface area (Å²) in [5, 5.41) is 10.9. The Kier molecular flexibility index (Phi) is 6.40. The molecule has 5 aliphatic carbocycles. The van der Waals surface area contributed by atoms with E-state index in [4.69, 9.17) is 4.74 Å². The highest BCUT2D eigenvalue weighted by molar-refractivity contribution is 5.96.